The topological polar surface area (TPSA) is 58.4 Å². The van der Waals surface area contributed by atoms with E-state index >= 15 is 0 Å². The predicted octanol–water partition coefficient (Wildman–Crippen LogP) is 1.35. The summed E-state index contributed by atoms with van der Waals surface area (Å²) in [6.45, 7) is 11.9. The number of amides is 1. The third kappa shape index (κ3) is 3.95. The summed E-state index contributed by atoms with van der Waals surface area (Å²) >= 11 is 0. The van der Waals surface area contributed by atoms with Gasteiger partial charge in [-0.2, -0.15) is 0 Å². The Morgan fingerprint density at radius 3 is 2.67 bits per heavy atom. The lowest BCUT2D eigenvalue weighted by Crippen LogP contribution is -2.61. The maximum atomic E-state index is 11.8. The molecule has 0 aromatic carbocycles. The van der Waals surface area contributed by atoms with Crippen LogP contribution in [0.3, 0.4) is 0 Å². The fraction of sp³-hybridized carbons (Fsp3) is 0.929. The molecule has 0 aromatic rings. The largest absolute Gasteiger partial charge is 0.353 e. The third-order valence-electron chi connectivity index (χ3n) is 4.10. The van der Waals surface area contributed by atoms with Crippen molar-refractivity contribution in [2.24, 2.45) is 11.1 Å². The van der Waals surface area contributed by atoms with Crippen LogP contribution in [-0.2, 0) is 4.79 Å². The number of carbonyl (C=O) groups is 1. The van der Waals surface area contributed by atoms with Gasteiger partial charge in [0.05, 0.1) is 5.54 Å². The van der Waals surface area contributed by atoms with Crippen LogP contribution >= 0.6 is 0 Å². The fourth-order valence-corrected chi connectivity index (χ4v) is 2.34. The minimum absolute atomic E-state index is 0.149. The molecule has 0 aromatic heterocycles. The number of nitrogens with one attached hydrogen (secondary N) is 1. The van der Waals surface area contributed by atoms with E-state index in [1.165, 1.54) is 6.42 Å². The second-order valence-electron chi connectivity index (χ2n) is 6.63. The summed E-state index contributed by atoms with van der Waals surface area (Å²) in [7, 11) is 0. The molecule has 0 saturated carbocycles. The highest BCUT2D eigenvalue weighted by Gasteiger charge is 2.36. The molecule has 1 heterocycles. The number of hydrogen-bond donors (Lipinski definition) is 2. The Hall–Kier alpha value is -0.610. The number of carbonyl (C=O) groups excluding carboxylic acids is 1. The number of unbranched alkanes of at least 4 members (excludes halogenated alkanes) is 1. The molecule has 0 unspecified atom stereocenters. The Bertz CT molecular complexity index is 287. The lowest BCUT2D eigenvalue weighted by molar-refractivity contribution is -0.135. The molecule has 1 aliphatic rings. The molecule has 106 valence electrons. The normalized spacial score (nSPS) is 20.8. The van der Waals surface area contributed by atoms with Gasteiger partial charge in [0.15, 0.2) is 0 Å². The van der Waals surface area contributed by atoms with Gasteiger partial charge in [-0.15, -0.1) is 0 Å². The van der Waals surface area contributed by atoms with Gasteiger partial charge in [-0.1, -0.05) is 20.3 Å². The van der Waals surface area contributed by atoms with Gasteiger partial charge in [0.25, 0.3) is 0 Å². The van der Waals surface area contributed by atoms with E-state index < -0.39 is 0 Å². The van der Waals surface area contributed by atoms with Crippen LogP contribution < -0.4 is 11.1 Å². The van der Waals surface area contributed by atoms with Crippen molar-refractivity contribution in [1.29, 1.82) is 0 Å². The van der Waals surface area contributed by atoms with Crippen molar-refractivity contribution in [2.45, 2.75) is 52.5 Å². The van der Waals surface area contributed by atoms with Gasteiger partial charge in [-0.25, -0.2) is 0 Å². The van der Waals surface area contributed by atoms with Gasteiger partial charge in [-0.05, 0) is 45.2 Å². The fourth-order valence-electron chi connectivity index (χ4n) is 2.34. The summed E-state index contributed by atoms with van der Waals surface area (Å²) < 4.78 is 0. The lowest BCUT2D eigenvalue weighted by Gasteiger charge is -2.41. The van der Waals surface area contributed by atoms with E-state index in [1.807, 2.05) is 13.8 Å². The van der Waals surface area contributed by atoms with Crippen molar-refractivity contribution in [3.05, 3.63) is 0 Å². The second-order valence-corrected chi connectivity index (χ2v) is 6.63. The van der Waals surface area contributed by atoms with Crippen molar-refractivity contribution in [3.63, 3.8) is 0 Å². The van der Waals surface area contributed by atoms with Crippen LogP contribution in [0.2, 0.25) is 0 Å². The minimum atomic E-state index is -0.359. The van der Waals surface area contributed by atoms with Crippen LogP contribution in [0.4, 0.5) is 0 Å². The molecular weight excluding hydrogens is 226 g/mol. The Kier molecular flexibility index (Phi) is 5.17. The van der Waals surface area contributed by atoms with Crippen LogP contribution in [0, 0.1) is 5.41 Å². The van der Waals surface area contributed by atoms with Gasteiger partial charge >= 0.3 is 0 Å². The Labute approximate surface area is 111 Å². The zero-order chi connectivity index (χ0) is 13.8. The standard InChI is InChI=1S/C14H29N3O/c1-13(2,11-15)7-5-6-9-17-10-8-16-12(18)14(17,3)4/h5-11,15H2,1-4H3,(H,16,18). The summed E-state index contributed by atoms with van der Waals surface area (Å²) in [6, 6.07) is 0. The van der Waals surface area contributed by atoms with Crippen molar-refractivity contribution >= 4 is 5.91 Å². The van der Waals surface area contributed by atoms with Crippen LogP contribution in [0.15, 0.2) is 0 Å². The molecule has 1 fully saturated rings. The first-order chi connectivity index (χ1) is 8.29. The molecule has 1 saturated heterocycles. The van der Waals surface area contributed by atoms with Gasteiger partial charge in [0, 0.05) is 13.1 Å². The summed E-state index contributed by atoms with van der Waals surface area (Å²) in [4.78, 5) is 14.1. The van der Waals surface area contributed by atoms with E-state index in [0.29, 0.717) is 0 Å². The molecule has 4 nitrogen and oxygen atoms in total. The van der Waals surface area contributed by atoms with Crippen molar-refractivity contribution in [2.75, 3.05) is 26.2 Å². The van der Waals surface area contributed by atoms with E-state index in [1.54, 1.807) is 0 Å². The van der Waals surface area contributed by atoms with E-state index in [9.17, 15) is 4.79 Å². The SMILES string of the molecule is CC(C)(CN)CCCCN1CCNC(=O)C1(C)C. The number of nitrogens with zero attached hydrogens (tertiary/aromatic N) is 1. The lowest BCUT2D eigenvalue weighted by atomic mass is 9.87. The van der Waals surface area contributed by atoms with Crippen molar-refractivity contribution in [1.82, 2.24) is 10.2 Å². The molecule has 1 amide bonds. The molecule has 1 aliphatic heterocycles. The third-order valence-corrected chi connectivity index (χ3v) is 4.10. The highest BCUT2D eigenvalue weighted by Crippen LogP contribution is 2.23. The highest BCUT2D eigenvalue weighted by molar-refractivity contribution is 5.86. The molecule has 0 aliphatic carbocycles. The summed E-state index contributed by atoms with van der Waals surface area (Å²) in [5.74, 6) is 0.149. The minimum Gasteiger partial charge on any atom is -0.353 e. The van der Waals surface area contributed by atoms with Crippen LogP contribution in [0.25, 0.3) is 0 Å². The molecular formula is C14H29N3O. The number of hydrogen-bond acceptors (Lipinski definition) is 3. The average Bonchev–Trinajstić information content (AvgIpc) is 2.30. The molecule has 0 radical (unpaired) electrons. The maximum absolute atomic E-state index is 11.8. The Morgan fingerprint density at radius 1 is 1.39 bits per heavy atom. The average molecular weight is 255 g/mol. The van der Waals surface area contributed by atoms with E-state index in [-0.39, 0.29) is 16.9 Å². The number of nitrogens with two attached hydrogens (primary N) is 1. The maximum Gasteiger partial charge on any atom is 0.239 e. The van der Waals surface area contributed by atoms with Gasteiger partial charge < -0.3 is 11.1 Å². The first kappa shape index (κ1) is 15.4. The van der Waals surface area contributed by atoms with Crippen LogP contribution in [-0.4, -0.2) is 42.5 Å². The monoisotopic (exact) mass is 255 g/mol. The number of rotatable bonds is 6. The first-order valence-electron chi connectivity index (χ1n) is 7.03. The number of piperazine rings is 1. The quantitative estimate of drug-likeness (QED) is 0.704. The summed E-state index contributed by atoms with van der Waals surface area (Å²) in [5, 5.41) is 2.93. The molecule has 0 atom stereocenters. The smallest absolute Gasteiger partial charge is 0.239 e. The molecule has 0 bridgehead atoms. The molecule has 1 rings (SSSR count). The summed E-state index contributed by atoms with van der Waals surface area (Å²) in [6.07, 6.45) is 3.47. The second kappa shape index (κ2) is 6.02. The van der Waals surface area contributed by atoms with Crippen LogP contribution in [0.5, 0.6) is 0 Å². The molecule has 4 heteroatoms. The van der Waals surface area contributed by atoms with E-state index in [4.69, 9.17) is 5.73 Å². The van der Waals surface area contributed by atoms with E-state index in [0.717, 1.165) is 39.0 Å². The first-order valence-corrected chi connectivity index (χ1v) is 7.03. The van der Waals surface area contributed by atoms with Gasteiger partial charge in [0.2, 0.25) is 5.91 Å². The van der Waals surface area contributed by atoms with Crippen molar-refractivity contribution in [3.8, 4) is 0 Å². The molecule has 0 spiro atoms. The van der Waals surface area contributed by atoms with Crippen molar-refractivity contribution < 1.29 is 4.79 Å². The highest BCUT2D eigenvalue weighted by atomic mass is 16.2. The van der Waals surface area contributed by atoms with Crippen LogP contribution in [0.1, 0.15) is 47.0 Å². The predicted molar refractivity (Wildman–Crippen MR) is 75.3 cm³/mol. The summed E-state index contributed by atoms with van der Waals surface area (Å²) in [5.41, 5.74) is 5.61. The zero-order valence-electron chi connectivity index (χ0n) is 12.4. The Balaban J connectivity index is 2.33. The zero-order valence-corrected chi connectivity index (χ0v) is 12.4. The van der Waals surface area contributed by atoms with Gasteiger partial charge in [-0.3, -0.25) is 9.69 Å². The van der Waals surface area contributed by atoms with E-state index in [2.05, 4.69) is 24.1 Å². The Morgan fingerprint density at radius 2 is 2.06 bits per heavy atom. The molecule has 18 heavy (non-hydrogen) atoms. The van der Waals surface area contributed by atoms with Gasteiger partial charge in [0.1, 0.15) is 0 Å². The molecule has 3 N–H and O–H groups in total.